The normalized spacial score (nSPS) is 20.0. The van der Waals surface area contributed by atoms with Crippen molar-refractivity contribution in [1.29, 1.82) is 0 Å². The lowest BCUT2D eigenvalue weighted by Gasteiger charge is -2.29. The lowest BCUT2D eigenvalue weighted by atomic mass is 9.84. The molecule has 0 unspecified atom stereocenters. The SMILES string of the molecule is NN1CCC[C@H]1C(c1ccccc1)c1ccccc1. The van der Waals surface area contributed by atoms with Crippen LogP contribution in [0.3, 0.4) is 0 Å². The maximum absolute atomic E-state index is 6.19. The van der Waals surface area contributed by atoms with Crippen LogP contribution in [0.2, 0.25) is 0 Å². The Morgan fingerprint density at radius 2 is 1.42 bits per heavy atom. The first-order chi connectivity index (χ1) is 9.36. The Morgan fingerprint density at radius 1 is 0.895 bits per heavy atom. The highest BCUT2D eigenvalue weighted by Gasteiger charge is 2.31. The van der Waals surface area contributed by atoms with Crippen molar-refractivity contribution >= 4 is 0 Å². The van der Waals surface area contributed by atoms with E-state index in [9.17, 15) is 0 Å². The summed E-state index contributed by atoms with van der Waals surface area (Å²) >= 11 is 0. The molecule has 1 atom stereocenters. The van der Waals surface area contributed by atoms with Crippen molar-refractivity contribution in [2.24, 2.45) is 5.84 Å². The molecule has 2 aromatic carbocycles. The topological polar surface area (TPSA) is 29.3 Å². The maximum Gasteiger partial charge on any atom is 0.0350 e. The van der Waals surface area contributed by atoms with Crippen LogP contribution >= 0.6 is 0 Å². The number of benzene rings is 2. The lowest BCUT2D eigenvalue weighted by molar-refractivity contribution is 0.243. The van der Waals surface area contributed by atoms with Crippen molar-refractivity contribution < 1.29 is 0 Å². The van der Waals surface area contributed by atoms with E-state index >= 15 is 0 Å². The van der Waals surface area contributed by atoms with Crippen LogP contribution in [0.15, 0.2) is 60.7 Å². The second kappa shape index (κ2) is 5.55. The van der Waals surface area contributed by atoms with E-state index in [0.29, 0.717) is 12.0 Å². The van der Waals surface area contributed by atoms with Gasteiger partial charge in [0.25, 0.3) is 0 Å². The Morgan fingerprint density at radius 3 is 1.84 bits per heavy atom. The molecule has 2 nitrogen and oxygen atoms in total. The minimum absolute atomic E-state index is 0.370. The molecule has 0 spiro atoms. The summed E-state index contributed by atoms with van der Waals surface area (Å²) < 4.78 is 0. The van der Waals surface area contributed by atoms with Gasteiger partial charge in [-0.25, -0.2) is 5.01 Å². The summed E-state index contributed by atoms with van der Waals surface area (Å²) in [6.45, 7) is 1.00. The highest BCUT2D eigenvalue weighted by atomic mass is 15.4. The van der Waals surface area contributed by atoms with E-state index in [-0.39, 0.29) is 0 Å². The Kier molecular flexibility index (Phi) is 3.62. The second-order valence-corrected chi connectivity index (χ2v) is 5.25. The van der Waals surface area contributed by atoms with Gasteiger partial charge in [0.1, 0.15) is 0 Å². The van der Waals surface area contributed by atoms with Crippen molar-refractivity contribution in [2.75, 3.05) is 6.54 Å². The van der Waals surface area contributed by atoms with Crippen molar-refractivity contribution in [1.82, 2.24) is 5.01 Å². The van der Waals surface area contributed by atoms with Gasteiger partial charge in [-0.3, -0.25) is 5.84 Å². The average molecular weight is 252 g/mol. The number of hydrogen-bond acceptors (Lipinski definition) is 2. The van der Waals surface area contributed by atoms with Gasteiger partial charge in [0.15, 0.2) is 0 Å². The Labute approximate surface area is 114 Å². The van der Waals surface area contributed by atoms with Crippen LogP contribution < -0.4 is 5.84 Å². The van der Waals surface area contributed by atoms with Crippen molar-refractivity contribution in [3.63, 3.8) is 0 Å². The third-order valence-corrected chi connectivity index (χ3v) is 4.04. The van der Waals surface area contributed by atoms with E-state index in [1.54, 1.807) is 0 Å². The smallest absolute Gasteiger partial charge is 0.0350 e. The Balaban J connectivity index is 2.01. The number of rotatable bonds is 3. The molecule has 0 aromatic heterocycles. The molecule has 2 N–H and O–H groups in total. The summed E-state index contributed by atoms with van der Waals surface area (Å²) in [5, 5.41) is 2.02. The summed E-state index contributed by atoms with van der Waals surface area (Å²) in [5.41, 5.74) is 2.71. The number of nitrogens with two attached hydrogens (primary N) is 1. The predicted octanol–water partition coefficient (Wildman–Crippen LogP) is 3.16. The number of nitrogens with zero attached hydrogens (tertiary/aromatic N) is 1. The summed E-state index contributed by atoms with van der Waals surface area (Å²) in [7, 11) is 0. The minimum Gasteiger partial charge on any atom is -0.269 e. The van der Waals surface area contributed by atoms with Crippen molar-refractivity contribution in [3.8, 4) is 0 Å². The molecule has 0 saturated carbocycles. The standard InChI is InChI=1S/C17H20N2/c18-19-13-7-12-16(19)17(14-8-3-1-4-9-14)15-10-5-2-6-11-15/h1-6,8-11,16-17H,7,12-13,18H2/t16-/m0/s1. The average Bonchev–Trinajstić information content (AvgIpc) is 2.88. The molecule has 98 valence electrons. The highest BCUT2D eigenvalue weighted by molar-refractivity contribution is 5.34. The van der Waals surface area contributed by atoms with Crippen molar-refractivity contribution in [3.05, 3.63) is 71.8 Å². The van der Waals surface area contributed by atoms with E-state index in [0.717, 1.165) is 6.54 Å². The monoisotopic (exact) mass is 252 g/mol. The van der Waals surface area contributed by atoms with Crippen LogP contribution in [0.5, 0.6) is 0 Å². The molecular weight excluding hydrogens is 232 g/mol. The van der Waals surface area contributed by atoms with Gasteiger partial charge < -0.3 is 0 Å². The lowest BCUT2D eigenvalue weighted by Crippen LogP contribution is -2.40. The molecule has 1 fully saturated rings. The molecule has 1 heterocycles. The van der Waals surface area contributed by atoms with Crippen LogP contribution in [0.4, 0.5) is 0 Å². The van der Waals surface area contributed by atoms with Gasteiger partial charge in [-0.05, 0) is 24.0 Å². The summed E-state index contributed by atoms with van der Waals surface area (Å²) in [5.74, 6) is 6.56. The third-order valence-electron chi connectivity index (χ3n) is 4.04. The molecule has 19 heavy (non-hydrogen) atoms. The Hall–Kier alpha value is -1.64. The van der Waals surface area contributed by atoms with Crippen LogP contribution in [0, 0.1) is 0 Å². The van der Waals surface area contributed by atoms with Gasteiger partial charge >= 0.3 is 0 Å². The summed E-state index contributed by atoms with van der Waals surface area (Å²) in [4.78, 5) is 0. The highest BCUT2D eigenvalue weighted by Crippen LogP contribution is 2.34. The molecule has 1 aliphatic rings. The van der Waals surface area contributed by atoms with Crippen molar-refractivity contribution in [2.45, 2.75) is 24.8 Å². The third kappa shape index (κ3) is 2.55. The first kappa shape index (κ1) is 12.4. The van der Waals surface area contributed by atoms with Crippen LogP contribution in [-0.2, 0) is 0 Å². The van der Waals surface area contributed by atoms with E-state index in [1.807, 2.05) is 5.01 Å². The quantitative estimate of drug-likeness (QED) is 0.850. The van der Waals surface area contributed by atoms with Crippen LogP contribution in [-0.4, -0.2) is 17.6 Å². The first-order valence-corrected chi connectivity index (χ1v) is 6.97. The van der Waals surface area contributed by atoms with Gasteiger partial charge in [0.2, 0.25) is 0 Å². The van der Waals surface area contributed by atoms with Gasteiger partial charge in [0, 0.05) is 18.5 Å². The fourth-order valence-corrected chi connectivity index (χ4v) is 3.13. The zero-order valence-corrected chi connectivity index (χ0v) is 11.1. The van der Waals surface area contributed by atoms with E-state index in [4.69, 9.17) is 5.84 Å². The first-order valence-electron chi connectivity index (χ1n) is 6.97. The van der Waals surface area contributed by atoms with Gasteiger partial charge in [-0.1, -0.05) is 60.7 Å². The molecule has 1 aliphatic heterocycles. The zero-order chi connectivity index (χ0) is 13.1. The fraction of sp³-hybridized carbons (Fsp3) is 0.294. The molecule has 3 rings (SSSR count). The molecule has 0 bridgehead atoms. The molecule has 0 aliphatic carbocycles. The van der Waals surface area contributed by atoms with E-state index in [2.05, 4.69) is 60.7 Å². The molecule has 0 amide bonds. The van der Waals surface area contributed by atoms with Gasteiger partial charge in [-0.15, -0.1) is 0 Å². The second-order valence-electron chi connectivity index (χ2n) is 5.25. The zero-order valence-electron chi connectivity index (χ0n) is 11.1. The van der Waals surface area contributed by atoms with E-state index in [1.165, 1.54) is 24.0 Å². The molecule has 2 heteroatoms. The van der Waals surface area contributed by atoms with Crippen LogP contribution in [0.25, 0.3) is 0 Å². The molecule has 0 radical (unpaired) electrons. The Bertz CT molecular complexity index is 470. The van der Waals surface area contributed by atoms with Crippen LogP contribution in [0.1, 0.15) is 29.9 Å². The maximum atomic E-state index is 6.19. The molecule has 2 aromatic rings. The fourth-order valence-electron chi connectivity index (χ4n) is 3.13. The predicted molar refractivity (Wildman–Crippen MR) is 78.6 cm³/mol. The number of hydrazine groups is 1. The molecular formula is C17H20N2. The molecule has 1 saturated heterocycles. The largest absolute Gasteiger partial charge is 0.269 e. The summed E-state index contributed by atoms with van der Waals surface area (Å²) in [6, 6.07) is 21.8. The van der Waals surface area contributed by atoms with Gasteiger partial charge in [0.05, 0.1) is 0 Å². The minimum atomic E-state index is 0.370. The van der Waals surface area contributed by atoms with E-state index < -0.39 is 0 Å². The van der Waals surface area contributed by atoms with Gasteiger partial charge in [-0.2, -0.15) is 0 Å². The summed E-state index contributed by atoms with van der Waals surface area (Å²) in [6.07, 6.45) is 2.36. The number of hydrogen-bond donors (Lipinski definition) is 1.